The Labute approximate surface area is 121 Å². The largest absolute Gasteiger partial charge is 0.329 e. The van der Waals surface area contributed by atoms with Gasteiger partial charge in [0.1, 0.15) is 0 Å². The van der Waals surface area contributed by atoms with Crippen molar-refractivity contribution < 1.29 is 0 Å². The second-order valence-corrected chi connectivity index (χ2v) is 6.01. The van der Waals surface area contributed by atoms with Gasteiger partial charge in [0.2, 0.25) is 0 Å². The molecule has 1 heterocycles. The van der Waals surface area contributed by atoms with E-state index >= 15 is 0 Å². The lowest BCUT2D eigenvalue weighted by molar-refractivity contribution is 0.0625. The molecule has 106 valence electrons. The molecule has 0 aromatic heterocycles. The van der Waals surface area contributed by atoms with Crippen LogP contribution in [0.15, 0.2) is 24.3 Å². The van der Waals surface area contributed by atoms with Gasteiger partial charge in [-0.1, -0.05) is 23.7 Å². The van der Waals surface area contributed by atoms with Crippen LogP contribution in [0.2, 0.25) is 5.02 Å². The van der Waals surface area contributed by atoms with Crippen molar-refractivity contribution in [3.05, 3.63) is 34.9 Å². The molecule has 1 aromatic rings. The Morgan fingerprint density at radius 3 is 2.63 bits per heavy atom. The van der Waals surface area contributed by atoms with Crippen LogP contribution in [-0.4, -0.2) is 55.1 Å². The van der Waals surface area contributed by atoms with Gasteiger partial charge in [0.05, 0.1) is 0 Å². The quantitative estimate of drug-likeness (QED) is 0.914. The summed E-state index contributed by atoms with van der Waals surface area (Å²) in [5.74, 6) is 0. The first-order valence-corrected chi connectivity index (χ1v) is 7.36. The normalized spacial score (nSPS) is 23.5. The van der Waals surface area contributed by atoms with Crippen molar-refractivity contribution in [2.45, 2.75) is 25.4 Å². The van der Waals surface area contributed by atoms with E-state index in [1.54, 1.807) is 0 Å². The summed E-state index contributed by atoms with van der Waals surface area (Å²) < 4.78 is 0. The van der Waals surface area contributed by atoms with E-state index in [2.05, 4.69) is 35.9 Å². The maximum Gasteiger partial charge on any atom is 0.0406 e. The molecule has 0 aliphatic carbocycles. The lowest BCUT2D eigenvalue weighted by atomic mass is 10.0. The Morgan fingerprint density at radius 2 is 2.00 bits per heavy atom. The zero-order valence-corrected chi connectivity index (χ0v) is 12.6. The van der Waals surface area contributed by atoms with Crippen molar-refractivity contribution in [2.75, 3.05) is 33.2 Å². The number of halogens is 1. The van der Waals surface area contributed by atoms with Gasteiger partial charge in [-0.3, -0.25) is 4.90 Å². The van der Waals surface area contributed by atoms with Crippen molar-refractivity contribution >= 4 is 11.6 Å². The Bertz CT molecular complexity index is 393. The maximum atomic E-state index is 5.93. The second-order valence-electron chi connectivity index (χ2n) is 5.57. The highest BCUT2D eigenvalue weighted by Gasteiger charge is 2.27. The summed E-state index contributed by atoms with van der Waals surface area (Å²) >= 11 is 5.93. The molecule has 0 amide bonds. The highest BCUT2D eigenvalue weighted by atomic mass is 35.5. The molecule has 0 bridgehead atoms. The van der Waals surface area contributed by atoms with Gasteiger partial charge in [0, 0.05) is 43.3 Å². The van der Waals surface area contributed by atoms with Crippen LogP contribution in [0, 0.1) is 0 Å². The average molecular weight is 282 g/mol. The molecular formula is C15H24ClN3. The van der Waals surface area contributed by atoms with E-state index in [1.165, 1.54) is 5.56 Å². The number of benzene rings is 1. The van der Waals surface area contributed by atoms with Crippen LogP contribution in [0.1, 0.15) is 12.5 Å². The third-order valence-corrected chi connectivity index (χ3v) is 4.27. The molecule has 3 nitrogen and oxygen atoms in total. The van der Waals surface area contributed by atoms with Crippen molar-refractivity contribution in [2.24, 2.45) is 5.73 Å². The Morgan fingerprint density at radius 1 is 1.32 bits per heavy atom. The molecular weight excluding hydrogens is 258 g/mol. The van der Waals surface area contributed by atoms with Crippen LogP contribution >= 0.6 is 11.6 Å². The Balaban J connectivity index is 1.98. The van der Waals surface area contributed by atoms with Gasteiger partial charge in [-0.2, -0.15) is 0 Å². The zero-order chi connectivity index (χ0) is 13.8. The van der Waals surface area contributed by atoms with E-state index in [1.807, 2.05) is 12.1 Å². The number of hydrogen-bond acceptors (Lipinski definition) is 3. The molecule has 2 N–H and O–H groups in total. The van der Waals surface area contributed by atoms with Crippen molar-refractivity contribution in [3.63, 3.8) is 0 Å². The molecule has 0 radical (unpaired) electrons. The summed E-state index contributed by atoms with van der Waals surface area (Å²) in [6.45, 7) is 6.33. The summed E-state index contributed by atoms with van der Waals surface area (Å²) in [5, 5.41) is 0.802. The second kappa shape index (κ2) is 6.71. The summed E-state index contributed by atoms with van der Waals surface area (Å²) in [6.07, 6.45) is 1.05. The molecule has 0 saturated carbocycles. The molecule has 0 spiro atoms. The number of hydrogen-bond donors (Lipinski definition) is 1. The van der Waals surface area contributed by atoms with Crippen molar-refractivity contribution in [1.82, 2.24) is 9.80 Å². The number of likely N-dealkylation sites (N-methyl/N-ethyl adjacent to an activating group) is 1. The summed E-state index contributed by atoms with van der Waals surface area (Å²) in [5.41, 5.74) is 7.26. The smallest absolute Gasteiger partial charge is 0.0406 e. The van der Waals surface area contributed by atoms with Gasteiger partial charge < -0.3 is 10.6 Å². The first-order valence-electron chi connectivity index (χ1n) is 6.99. The van der Waals surface area contributed by atoms with E-state index in [4.69, 9.17) is 17.3 Å². The van der Waals surface area contributed by atoms with Gasteiger partial charge in [0.15, 0.2) is 0 Å². The van der Waals surface area contributed by atoms with Crippen LogP contribution < -0.4 is 5.73 Å². The summed E-state index contributed by atoms with van der Waals surface area (Å²) in [7, 11) is 2.17. The van der Waals surface area contributed by atoms with Crippen LogP contribution in [0.3, 0.4) is 0 Å². The third kappa shape index (κ3) is 3.93. The topological polar surface area (TPSA) is 32.5 Å². The maximum absolute atomic E-state index is 5.93. The fraction of sp³-hybridized carbons (Fsp3) is 0.600. The molecule has 19 heavy (non-hydrogen) atoms. The summed E-state index contributed by atoms with van der Waals surface area (Å²) in [4.78, 5) is 4.91. The van der Waals surface area contributed by atoms with E-state index < -0.39 is 0 Å². The molecule has 1 aliphatic rings. The predicted octanol–water partition coefficient (Wildman–Crippen LogP) is 1.85. The minimum absolute atomic E-state index is 0.473. The Hall–Kier alpha value is -0.610. The van der Waals surface area contributed by atoms with Gasteiger partial charge in [-0.15, -0.1) is 0 Å². The highest BCUT2D eigenvalue weighted by Crippen LogP contribution is 2.17. The minimum atomic E-state index is 0.473. The first kappa shape index (κ1) is 14.8. The third-order valence-electron chi connectivity index (χ3n) is 4.01. The minimum Gasteiger partial charge on any atom is -0.329 e. The fourth-order valence-corrected chi connectivity index (χ4v) is 3.02. The van der Waals surface area contributed by atoms with Crippen molar-refractivity contribution in [1.29, 1.82) is 0 Å². The Kier molecular flexibility index (Phi) is 5.22. The fourth-order valence-electron chi connectivity index (χ4n) is 2.89. The molecule has 1 aromatic carbocycles. The molecule has 1 fully saturated rings. The van der Waals surface area contributed by atoms with E-state index in [-0.39, 0.29) is 0 Å². The van der Waals surface area contributed by atoms with Crippen LogP contribution in [0.4, 0.5) is 0 Å². The number of nitrogens with zero attached hydrogens (tertiary/aromatic N) is 2. The average Bonchev–Trinajstić information content (AvgIpc) is 2.41. The molecule has 4 heteroatoms. The van der Waals surface area contributed by atoms with Gasteiger partial charge in [0.25, 0.3) is 0 Å². The lowest BCUT2D eigenvalue weighted by Gasteiger charge is -2.43. The molecule has 1 aliphatic heterocycles. The van der Waals surface area contributed by atoms with Gasteiger partial charge >= 0.3 is 0 Å². The highest BCUT2D eigenvalue weighted by molar-refractivity contribution is 6.30. The van der Waals surface area contributed by atoms with Gasteiger partial charge in [-0.25, -0.2) is 0 Å². The standard InChI is InChI=1S/C15H24ClN3/c1-12(9-13-3-5-14(16)6-4-13)19-8-7-18(2)11-15(19)10-17/h3-6,12,15H,7-11,17H2,1-2H3. The lowest BCUT2D eigenvalue weighted by Crippen LogP contribution is -2.57. The predicted molar refractivity (Wildman–Crippen MR) is 81.7 cm³/mol. The number of rotatable bonds is 4. The zero-order valence-electron chi connectivity index (χ0n) is 11.8. The van der Waals surface area contributed by atoms with Crippen molar-refractivity contribution in [3.8, 4) is 0 Å². The van der Waals surface area contributed by atoms with Crippen LogP contribution in [-0.2, 0) is 6.42 Å². The van der Waals surface area contributed by atoms with Crippen LogP contribution in [0.25, 0.3) is 0 Å². The van der Waals surface area contributed by atoms with Gasteiger partial charge in [-0.05, 0) is 38.1 Å². The molecule has 2 atom stereocenters. The summed E-state index contributed by atoms with van der Waals surface area (Å²) in [6, 6.07) is 9.16. The van der Waals surface area contributed by atoms with E-state index in [9.17, 15) is 0 Å². The van der Waals surface area contributed by atoms with E-state index in [0.29, 0.717) is 12.1 Å². The molecule has 1 saturated heterocycles. The molecule has 2 rings (SSSR count). The number of nitrogens with two attached hydrogens (primary N) is 1. The SMILES string of the molecule is CC(Cc1ccc(Cl)cc1)N1CCN(C)CC1CN. The molecule has 2 unspecified atom stereocenters. The monoisotopic (exact) mass is 281 g/mol. The van der Waals surface area contributed by atoms with Crippen LogP contribution in [0.5, 0.6) is 0 Å². The number of piperazine rings is 1. The van der Waals surface area contributed by atoms with E-state index in [0.717, 1.165) is 37.6 Å². The first-order chi connectivity index (χ1) is 9.10.